The fraction of sp³-hybridized carbons (Fsp3) is 0.0400. The first-order valence-electron chi connectivity index (χ1n) is 10.3. The third kappa shape index (κ3) is 4.87. The Kier molecular flexibility index (Phi) is 5.88. The van der Waals surface area contributed by atoms with Gasteiger partial charge in [0.05, 0.1) is 6.33 Å². The van der Waals surface area contributed by atoms with Gasteiger partial charge in [0.15, 0.2) is 0 Å². The summed E-state index contributed by atoms with van der Waals surface area (Å²) in [4.78, 5) is 21.0. The SMILES string of the molecule is O=C(Nc1ccc(Cn2cnc(-c3nc(-c4ccc(Cl)cc4)no3)c2)cc1)c1ccc(F)cc1. The van der Waals surface area contributed by atoms with Crippen molar-refractivity contribution < 1.29 is 13.7 Å². The van der Waals surface area contributed by atoms with Crippen LogP contribution in [0.15, 0.2) is 89.8 Å². The summed E-state index contributed by atoms with van der Waals surface area (Å²) >= 11 is 5.92. The molecule has 0 fully saturated rings. The molecule has 0 radical (unpaired) electrons. The molecule has 7 nitrogen and oxygen atoms in total. The third-order valence-corrected chi connectivity index (χ3v) is 5.32. The fourth-order valence-electron chi connectivity index (χ4n) is 3.31. The van der Waals surface area contributed by atoms with Crippen LogP contribution in [-0.4, -0.2) is 25.6 Å². The molecule has 0 bridgehead atoms. The van der Waals surface area contributed by atoms with Crippen LogP contribution < -0.4 is 5.32 Å². The smallest absolute Gasteiger partial charge is 0.278 e. The quantitative estimate of drug-likeness (QED) is 0.342. The van der Waals surface area contributed by atoms with Crippen LogP contribution in [0.3, 0.4) is 0 Å². The average Bonchev–Trinajstić information content (AvgIpc) is 3.51. The zero-order valence-corrected chi connectivity index (χ0v) is 18.4. The average molecular weight is 474 g/mol. The van der Waals surface area contributed by atoms with E-state index in [2.05, 4.69) is 20.4 Å². The Bertz CT molecular complexity index is 1430. The van der Waals surface area contributed by atoms with Crippen LogP contribution in [0.4, 0.5) is 10.1 Å². The Morgan fingerprint density at radius 3 is 2.47 bits per heavy atom. The number of benzene rings is 3. The predicted molar refractivity (Wildman–Crippen MR) is 126 cm³/mol. The number of carbonyl (C=O) groups is 1. The standard InChI is InChI=1S/C25H17ClFN5O2/c26-19-7-3-17(4-8-19)23-30-25(34-31-23)22-14-32(15-28-22)13-16-1-11-21(12-2-16)29-24(33)18-5-9-20(27)10-6-18/h1-12,14-15H,13H2,(H,29,33). The summed E-state index contributed by atoms with van der Waals surface area (Å²) in [6, 6.07) is 20.0. The van der Waals surface area contributed by atoms with Crippen molar-refractivity contribution in [2.45, 2.75) is 6.54 Å². The number of nitrogens with zero attached hydrogens (tertiary/aromatic N) is 4. The molecule has 5 aromatic rings. The Labute approximate surface area is 198 Å². The van der Waals surface area contributed by atoms with E-state index < -0.39 is 0 Å². The van der Waals surface area contributed by atoms with Crippen LogP contribution in [0, 0.1) is 5.82 Å². The minimum atomic E-state index is -0.385. The van der Waals surface area contributed by atoms with Gasteiger partial charge >= 0.3 is 0 Å². The number of anilines is 1. The molecular formula is C25H17ClFN5O2. The highest BCUT2D eigenvalue weighted by molar-refractivity contribution is 6.30. The molecule has 0 spiro atoms. The zero-order chi connectivity index (χ0) is 23.5. The lowest BCUT2D eigenvalue weighted by atomic mass is 10.1. The molecule has 2 aromatic heterocycles. The van der Waals surface area contributed by atoms with Crippen LogP contribution in [0.1, 0.15) is 15.9 Å². The number of hydrogen-bond donors (Lipinski definition) is 1. The van der Waals surface area contributed by atoms with E-state index in [1.807, 2.05) is 47.2 Å². The summed E-state index contributed by atoms with van der Waals surface area (Å²) in [7, 11) is 0. The molecule has 0 saturated carbocycles. The van der Waals surface area contributed by atoms with Crippen LogP contribution in [0.25, 0.3) is 23.0 Å². The van der Waals surface area contributed by atoms with Crippen molar-refractivity contribution in [3.63, 3.8) is 0 Å². The highest BCUT2D eigenvalue weighted by atomic mass is 35.5. The monoisotopic (exact) mass is 473 g/mol. The maximum Gasteiger partial charge on any atom is 0.278 e. The van der Waals surface area contributed by atoms with Gasteiger partial charge in [0.2, 0.25) is 5.82 Å². The summed E-state index contributed by atoms with van der Waals surface area (Å²) in [6.07, 6.45) is 3.51. The normalized spacial score (nSPS) is 10.9. The van der Waals surface area contributed by atoms with Crippen molar-refractivity contribution >= 4 is 23.2 Å². The number of imidazole rings is 1. The topological polar surface area (TPSA) is 85.8 Å². The van der Waals surface area contributed by atoms with Crippen LogP contribution in [0.5, 0.6) is 0 Å². The van der Waals surface area contributed by atoms with Gasteiger partial charge in [0.1, 0.15) is 11.5 Å². The van der Waals surface area contributed by atoms with Crippen molar-refractivity contribution in [3.8, 4) is 23.0 Å². The highest BCUT2D eigenvalue weighted by Gasteiger charge is 2.13. The first-order chi connectivity index (χ1) is 16.5. The van der Waals surface area contributed by atoms with Crippen molar-refractivity contribution in [1.82, 2.24) is 19.7 Å². The largest absolute Gasteiger partial charge is 0.332 e. The van der Waals surface area contributed by atoms with Crippen molar-refractivity contribution in [3.05, 3.63) is 107 Å². The van der Waals surface area contributed by atoms with Gasteiger partial charge in [-0.3, -0.25) is 4.79 Å². The van der Waals surface area contributed by atoms with Gasteiger partial charge in [-0.15, -0.1) is 0 Å². The highest BCUT2D eigenvalue weighted by Crippen LogP contribution is 2.23. The van der Waals surface area contributed by atoms with E-state index in [0.717, 1.165) is 11.1 Å². The molecule has 9 heteroatoms. The zero-order valence-electron chi connectivity index (χ0n) is 17.7. The molecule has 3 aromatic carbocycles. The van der Waals surface area contributed by atoms with E-state index in [9.17, 15) is 9.18 Å². The lowest BCUT2D eigenvalue weighted by molar-refractivity contribution is 0.102. The summed E-state index contributed by atoms with van der Waals surface area (Å²) in [6.45, 7) is 0.567. The number of hydrogen-bond acceptors (Lipinski definition) is 5. The van der Waals surface area contributed by atoms with Crippen molar-refractivity contribution in [2.24, 2.45) is 0 Å². The second kappa shape index (κ2) is 9.29. The van der Waals surface area contributed by atoms with E-state index in [1.54, 1.807) is 18.5 Å². The summed E-state index contributed by atoms with van der Waals surface area (Å²) in [5.41, 5.74) is 3.40. The third-order valence-electron chi connectivity index (χ3n) is 5.06. The maximum absolute atomic E-state index is 13.0. The van der Waals surface area contributed by atoms with Gasteiger partial charge in [-0.1, -0.05) is 28.9 Å². The lowest BCUT2D eigenvalue weighted by Gasteiger charge is -2.07. The first-order valence-corrected chi connectivity index (χ1v) is 10.7. The molecule has 2 heterocycles. The number of rotatable bonds is 6. The predicted octanol–water partition coefficient (Wildman–Crippen LogP) is 5.69. The number of halogens is 2. The first kappa shape index (κ1) is 21.5. The molecule has 0 unspecified atom stereocenters. The minimum absolute atomic E-state index is 0.301. The Morgan fingerprint density at radius 1 is 1.00 bits per heavy atom. The van der Waals surface area contributed by atoms with E-state index in [0.29, 0.717) is 40.2 Å². The minimum Gasteiger partial charge on any atom is -0.332 e. The van der Waals surface area contributed by atoms with Gasteiger partial charge < -0.3 is 14.4 Å². The Hall–Kier alpha value is -4.30. The van der Waals surface area contributed by atoms with Crippen molar-refractivity contribution in [1.29, 1.82) is 0 Å². The number of aromatic nitrogens is 4. The number of amides is 1. The van der Waals surface area contributed by atoms with Gasteiger partial charge in [-0.25, -0.2) is 9.37 Å². The maximum atomic E-state index is 13.0. The number of nitrogens with one attached hydrogen (secondary N) is 1. The molecule has 0 atom stereocenters. The van der Waals surface area contributed by atoms with E-state index in [-0.39, 0.29) is 11.7 Å². The lowest BCUT2D eigenvalue weighted by Crippen LogP contribution is -2.11. The molecule has 168 valence electrons. The molecule has 0 saturated heterocycles. The molecule has 1 amide bonds. The van der Waals surface area contributed by atoms with Gasteiger partial charge in [-0.05, 0) is 66.2 Å². The van der Waals surface area contributed by atoms with Gasteiger partial charge in [0, 0.05) is 34.6 Å². The van der Waals surface area contributed by atoms with E-state index >= 15 is 0 Å². The number of carbonyl (C=O) groups excluding carboxylic acids is 1. The second-order valence-corrected chi connectivity index (χ2v) is 7.96. The Balaban J connectivity index is 1.23. The fourth-order valence-corrected chi connectivity index (χ4v) is 3.44. The van der Waals surface area contributed by atoms with Crippen molar-refractivity contribution in [2.75, 3.05) is 5.32 Å². The van der Waals surface area contributed by atoms with E-state index in [1.165, 1.54) is 24.3 Å². The Morgan fingerprint density at radius 2 is 1.74 bits per heavy atom. The van der Waals surface area contributed by atoms with Gasteiger partial charge in [0.25, 0.3) is 11.8 Å². The van der Waals surface area contributed by atoms with Crippen LogP contribution in [0.2, 0.25) is 5.02 Å². The van der Waals surface area contributed by atoms with E-state index in [4.69, 9.17) is 16.1 Å². The van der Waals surface area contributed by atoms with Crippen LogP contribution in [-0.2, 0) is 6.54 Å². The molecule has 5 rings (SSSR count). The second-order valence-electron chi connectivity index (χ2n) is 7.52. The summed E-state index contributed by atoms with van der Waals surface area (Å²) < 4.78 is 20.3. The molecule has 34 heavy (non-hydrogen) atoms. The van der Waals surface area contributed by atoms with Crippen LogP contribution >= 0.6 is 11.6 Å². The molecule has 0 aliphatic carbocycles. The molecular weight excluding hydrogens is 457 g/mol. The molecule has 0 aliphatic heterocycles. The summed E-state index contributed by atoms with van der Waals surface area (Å²) in [5, 5.41) is 7.45. The summed E-state index contributed by atoms with van der Waals surface area (Å²) in [5.74, 6) is 0.0937. The molecule has 0 aliphatic rings. The van der Waals surface area contributed by atoms with Gasteiger partial charge in [-0.2, -0.15) is 4.98 Å². The molecule has 1 N–H and O–H groups in total.